The lowest BCUT2D eigenvalue weighted by Crippen LogP contribution is -2.43. The Morgan fingerprint density at radius 3 is 2.60 bits per heavy atom. The van der Waals surface area contributed by atoms with Gasteiger partial charge in [-0.15, -0.1) is 0 Å². The molecule has 3 nitrogen and oxygen atoms in total. The molecule has 0 aliphatic rings. The van der Waals surface area contributed by atoms with Crippen molar-refractivity contribution in [2.75, 3.05) is 7.05 Å². The predicted molar refractivity (Wildman–Crippen MR) is 84.2 cm³/mol. The first-order valence-electron chi connectivity index (χ1n) is 6.65. The minimum absolute atomic E-state index is 0.0305. The second-order valence-corrected chi connectivity index (χ2v) is 4.49. The van der Waals surface area contributed by atoms with E-state index in [1.807, 2.05) is 55.5 Å². The molecule has 1 unspecified atom stereocenters. The van der Waals surface area contributed by atoms with Gasteiger partial charge in [-0.3, -0.25) is 4.79 Å². The average molecular weight is 270 g/mol. The van der Waals surface area contributed by atoms with E-state index >= 15 is 0 Å². The van der Waals surface area contributed by atoms with Crippen LogP contribution in [0.2, 0.25) is 0 Å². The summed E-state index contributed by atoms with van der Waals surface area (Å²) in [6.07, 6.45) is 7.86. The molecule has 0 saturated carbocycles. The number of hydrogen-bond acceptors (Lipinski definition) is 2. The summed E-state index contributed by atoms with van der Waals surface area (Å²) in [6, 6.07) is 9.72. The highest BCUT2D eigenvalue weighted by Gasteiger charge is 2.16. The minimum atomic E-state index is -0.246. The van der Waals surface area contributed by atoms with Gasteiger partial charge in [0.1, 0.15) is 0 Å². The van der Waals surface area contributed by atoms with Crippen molar-refractivity contribution in [3.05, 3.63) is 72.5 Å². The summed E-state index contributed by atoms with van der Waals surface area (Å²) in [5, 5.41) is 5.93. The number of carbonyl (C=O) groups is 1. The van der Waals surface area contributed by atoms with Crippen LogP contribution < -0.4 is 10.6 Å². The Hall–Kier alpha value is -2.13. The van der Waals surface area contributed by atoms with E-state index in [2.05, 4.69) is 17.2 Å². The summed E-state index contributed by atoms with van der Waals surface area (Å²) in [6.45, 7) is 5.46. The van der Waals surface area contributed by atoms with Gasteiger partial charge in [0.2, 0.25) is 5.91 Å². The maximum absolute atomic E-state index is 12.2. The van der Waals surface area contributed by atoms with Crippen molar-refractivity contribution in [3.63, 3.8) is 0 Å². The summed E-state index contributed by atoms with van der Waals surface area (Å²) >= 11 is 0. The van der Waals surface area contributed by atoms with E-state index in [-0.39, 0.29) is 11.9 Å². The molecule has 0 heterocycles. The van der Waals surface area contributed by atoms with Gasteiger partial charge in [0, 0.05) is 5.70 Å². The summed E-state index contributed by atoms with van der Waals surface area (Å²) < 4.78 is 0. The minimum Gasteiger partial charge on any atom is -0.329 e. The zero-order valence-corrected chi connectivity index (χ0v) is 12.1. The van der Waals surface area contributed by atoms with Crippen molar-refractivity contribution in [1.29, 1.82) is 0 Å². The van der Waals surface area contributed by atoms with Crippen LogP contribution in [-0.2, 0) is 11.2 Å². The zero-order chi connectivity index (χ0) is 14.8. The third-order valence-electron chi connectivity index (χ3n) is 2.86. The van der Waals surface area contributed by atoms with Crippen molar-refractivity contribution >= 4 is 5.91 Å². The van der Waals surface area contributed by atoms with Crippen molar-refractivity contribution in [3.8, 4) is 0 Å². The molecule has 1 atom stereocenters. The molecular formula is C17H22N2O. The normalized spacial score (nSPS) is 13.2. The Labute approximate surface area is 121 Å². The van der Waals surface area contributed by atoms with Gasteiger partial charge < -0.3 is 10.6 Å². The van der Waals surface area contributed by atoms with E-state index in [1.54, 1.807) is 13.1 Å². The number of benzene rings is 1. The molecule has 0 aliphatic carbocycles. The Bertz CT molecular complexity index is 489. The van der Waals surface area contributed by atoms with Gasteiger partial charge in [0.15, 0.2) is 0 Å². The first-order valence-corrected chi connectivity index (χ1v) is 6.65. The van der Waals surface area contributed by atoms with Gasteiger partial charge in [-0.25, -0.2) is 0 Å². The van der Waals surface area contributed by atoms with E-state index in [9.17, 15) is 4.79 Å². The molecule has 0 bridgehead atoms. The lowest BCUT2D eigenvalue weighted by molar-refractivity contribution is -0.122. The van der Waals surface area contributed by atoms with Crippen LogP contribution in [0.25, 0.3) is 0 Å². The van der Waals surface area contributed by atoms with Crippen LogP contribution in [0, 0.1) is 0 Å². The molecule has 0 aromatic heterocycles. The van der Waals surface area contributed by atoms with Gasteiger partial charge in [0.25, 0.3) is 0 Å². The number of nitrogens with one attached hydrogen (secondary N) is 2. The molecule has 20 heavy (non-hydrogen) atoms. The van der Waals surface area contributed by atoms with Gasteiger partial charge in [-0.05, 0) is 32.0 Å². The Morgan fingerprint density at radius 1 is 1.30 bits per heavy atom. The van der Waals surface area contributed by atoms with Crippen molar-refractivity contribution < 1.29 is 4.79 Å². The molecule has 0 spiro atoms. The summed E-state index contributed by atoms with van der Waals surface area (Å²) in [7, 11) is 1.80. The van der Waals surface area contributed by atoms with Crippen molar-refractivity contribution in [2.24, 2.45) is 0 Å². The first kappa shape index (κ1) is 15.9. The molecule has 0 aliphatic heterocycles. The molecule has 0 radical (unpaired) electrons. The summed E-state index contributed by atoms with van der Waals surface area (Å²) in [4.78, 5) is 12.2. The molecule has 0 fully saturated rings. The number of amides is 1. The predicted octanol–water partition coefficient (Wildman–Crippen LogP) is 2.58. The molecule has 2 N–H and O–H groups in total. The molecule has 106 valence electrons. The summed E-state index contributed by atoms with van der Waals surface area (Å²) in [5.41, 5.74) is 1.94. The molecule has 1 rings (SSSR count). The SMILES string of the molecule is C=C/C=C\C=C(/C)NC(=O)C(Cc1ccccc1)NC. The maximum Gasteiger partial charge on any atom is 0.241 e. The van der Waals surface area contributed by atoms with Gasteiger partial charge in [-0.2, -0.15) is 0 Å². The number of rotatable bonds is 7. The van der Waals surface area contributed by atoms with E-state index in [0.717, 1.165) is 11.3 Å². The lowest BCUT2D eigenvalue weighted by Gasteiger charge is -2.16. The topological polar surface area (TPSA) is 41.1 Å². The molecule has 0 saturated heterocycles. The van der Waals surface area contributed by atoms with Gasteiger partial charge in [0.05, 0.1) is 6.04 Å². The van der Waals surface area contributed by atoms with Crippen LogP contribution in [0.15, 0.2) is 66.9 Å². The second-order valence-electron chi connectivity index (χ2n) is 4.49. The molecule has 1 aromatic carbocycles. The van der Waals surface area contributed by atoms with Crippen LogP contribution in [0.3, 0.4) is 0 Å². The third kappa shape index (κ3) is 5.67. The average Bonchev–Trinajstić information content (AvgIpc) is 2.46. The third-order valence-corrected chi connectivity index (χ3v) is 2.86. The Balaban J connectivity index is 2.61. The van der Waals surface area contributed by atoms with E-state index in [0.29, 0.717) is 6.42 Å². The smallest absolute Gasteiger partial charge is 0.241 e. The maximum atomic E-state index is 12.2. The van der Waals surface area contributed by atoms with Gasteiger partial charge in [-0.1, -0.05) is 55.1 Å². The largest absolute Gasteiger partial charge is 0.329 e. The number of hydrogen-bond donors (Lipinski definition) is 2. The van der Waals surface area contributed by atoms with Crippen LogP contribution in [0.4, 0.5) is 0 Å². The zero-order valence-electron chi connectivity index (χ0n) is 12.1. The Morgan fingerprint density at radius 2 is 2.00 bits per heavy atom. The fraction of sp³-hybridized carbons (Fsp3) is 0.235. The molecule has 1 aromatic rings. The van der Waals surface area contributed by atoms with Gasteiger partial charge >= 0.3 is 0 Å². The Kier molecular flexibility index (Phi) is 7.07. The monoisotopic (exact) mass is 270 g/mol. The number of likely N-dealkylation sites (N-methyl/N-ethyl adjacent to an activating group) is 1. The highest BCUT2D eigenvalue weighted by molar-refractivity contribution is 5.83. The van der Waals surface area contributed by atoms with E-state index in [1.165, 1.54) is 0 Å². The highest BCUT2D eigenvalue weighted by Crippen LogP contribution is 2.03. The fourth-order valence-corrected chi connectivity index (χ4v) is 1.78. The molecule has 3 heteroatoms. The highest BCUT2D eigenvalue weighted by atomic mass is 16.2. The van der Waals surface area contributed by atoms with Crippen molar-refractivity contribution in [1.82, 2.24) is 10.6 Å². The number of allylic oxidation sites excluding steroid dienone is 5. The van der Waals surface area contributed by atoms with E-state index < -0.39 is 0 Å². The van der Waals surface area contributed by atoms with Crippen LogP contribution in [0.1, 0.15) is 12.5 Å². The lowest BCUT2D eigenvalue weighted by atomic mass is 10.1. The van der Waals surface area contributed by atoms with Crippen LogP contribution in [-0.4, -0.2) is 19.0 Å². The summed E-state index contributed by atoms with van der Waals surface area (Å²) in [5.74, 6) is -0.0305. The van der Waals surface area contributed by atoms with Crippen LogP contribution >= 0.6 is 0 Å². The van der Waals surface area contributed by atoms with Crippen molar-refractivity contribution in [2.45, 2.75) is 19.4 Å². The van der Waals surface area contributed by atoms with Crippen LogP contribution in [0.5, 0.6) is 0 Å². The first-order chi connectivity index (χ1) is 9.67. The standard InChI is InChI=1S/C17H22N2O/c1-4-5-7-10-14(2)19-17(20)16(18-3)13-15-11-8-6-9-12-15/h4-12,16,18H,1,13H2,2-3H3,(H,19,20)/b7-5-,14-10+. The number of carbonyl (C=O) groups excluding carboxylic acids is 1. The quantitative estimate of drug-likeness (QED) is 0.748. The second kappa shape index (κ2) is 8.88. The fourth-order valence-electron chi connectivity index (χ4n) is 1.78. The molecule has 1 amide bonds. The molecular weight excluding hydrogens is 248 g/mol. The van der Waals surface area contributed by atoms with E-state index in [4.69, 9.17) is 0 Å².